The molecule has 0 aromatic heterocycles. The molecule has 0 saturated heterocycles. The van der Waals surface area contributed by atoms with Gasteiger partial charge in [0, 0.05) is 13.7 Å². The predicted octanol–water partition coefficient (Wildman–Crippen LogP) is -0.869. The fourth-order valence-corrected chi connectivity index (χ4v) is 0.463. The number of urea groups is 1. The summed E-state index contributed by atoms with van der Waals surface area (Å²) < 4.78 is 4.68. The van der Waals surface area contributed by atoms with Crippen LogP contribution in [0.3, 0.4) is 0 Å². The van der Waals surface area contributed by atoms with Crippen molar-refractivity contribution in [3.8, 4) is 0 Å². The van der Waals surface area contributed by atoms with E-state index in [0.717, 1.165) is 0 Å². The Morgan fingerprint density at radius 2 is 2.27 bits per heavy atom. The maximum Gasteiger partial charge on any atom is 0.315 e. The number of rotatable bonds is 5. The average molecular weight is 160 g/mol. The van der Waals surface area contributed by atoms with E-state index in [2.05, 4.69) is 15.4 Å². The number of ether oxygens (including phenoxy) is 1. The second-order valence-corrected chi connectivity index (χ2v) is 1.80. The van der Waals surface area contributed by atoms with E-state index in [-0.39, 0.29) is 12.6 Å². The largest absolute Gasteiger partial charge is 0.383 e. The molecule has 0 aliphatic rings. The molecule has 0 rings (SSSR count). The van der Waals surface area contributed by atoms with Crippen LogP contribution in [0.4, 0.5) is 4.79 Å². The summed E-state index contributed by atoms with van der Waals surface area (Å²) in [6.07, 6.45) is 0.621. The molecular formula is C6H12N2O3. The van der Waals surface area contributed by atoms with Crippen LogP contribution in [-0.4, -0.2) is 39.1 Å². The molecule has 0 aliphatic heterocycles. The standard InChI is InChI=1S/C6H12N2O3/c1-11-5-3-8-6(10)7-2-4-9/h4H,2-3,5H2,1H3,(H2,7,8,10). The number of nitrogens with one attached hydrogen (secondary N) is 2. The Morgan fingerprint density at radius 3 is 2.82 bits per heavy atom. The summed E-state index contributed by atoms with van der Waals surface area (Å²) in [6.45, 7) is 0.953. The molecular weight excluding hydrogens is 148 g/mol. The first kappa shape index (κ1) is 9.90. The first-order valence-corrected chi connectivity index (χ1v) is 3.25. The molecule has 0 saturated carbocycles. The third-order valence-corrected chi connectivity index (χ3v) is 0.938. The number of aldehydes is 1. The van der Waals surface area contributed by atoms with Crippen LogP contribution >= 0.6 is 0 Å². The number of amides is 2. The van der Waals surface area contributed by atoms with Gasteiger partial charge in [0.15, 0.2) is 0 Å². The van der Waals surface area contributed by atoms with Crippen LogP contribution in [-0.2, 0) is 9.53 Å². The SMILES string of the molecule is COCCNC(=O)NCC=O. The molecule has 2 N–H and O–H groups in total. The van der Waals surface area contributed by atoms with Crippen molar-refractivity contribution in [3.05, 3.63) is 0 Å². The third kappa shape index (κ3) is 6.79. The van der Waals surface area contributed by atoms with E-state index in [4.69, 9.17) is 0 Å². The first-order chi connectivity index (χ1) is 5.31. The highest BCUT2D eigenvalue weighted by atomic mass is 16.5. The van der Waals surface area contributed by atoms with Crippen molar-refractivity contribution in [1.29, 1.82) is 0 Å². The molecule has 11 heavy (non-hydrogen) atoms. The van der Waals surface area contributed by atoms with Gasteiger partial charge in [0.1, 0.15) is 6.29 Å². The van der Waals surface area contributed by atoms with E-state index in [9.17, 15) is 9.59 Å². The zero-order valence-corrected chi connectivity index (χ0v) is 6.42. The Labute approximate surface area is 65.1 Å². The molecule has 5 nitrogen and oxygen atoms in total. The monoisotopic (exact) mass is 160 g/mol. The van der Waals surface area contributed by atoms with Gasteiger partial charge in [-0.1, -0.05) is 0 Å². The lowest BCUT2D eigenvalue weighted by Crippen LogP contribution is -2.37. The van der Waals surface area contributed by atoms with Gasteiger partial charge in [0.2, 0.25) is 0 Å². The fraction of sp³-hybridized carbons (Fsp3) is 0.667. The van der Waals surface area contributed by atoms with Crippen LogP contribution in [0.2, 0.25) is 0 Å². The fourth-order valence-electron chi connectivity index (χ4n) is 0.463. The number of hydrogen-bond acceptors (Lipinski definition) is 3. The molecule has 5 heteroatoms. The van der Waals surface area contributed by atoms with Gasteiger partial charge in [-0.15, -0.1) is 0 Å². The zero-order chi connectivity index (χ0) is 8.53. The van der Waals surface area contributed by atoms with Gasteiger partial charge < -0.3 is 20.2 Å². The molecule has 0 radical (unpaired) electrons. The molecule has 0 aromatic rings. The van der Waals surface area contributed by atoms with Gasteiger partial charge in [0.05, 0.1) is 13.2 Å². The quantitative estimate of drug-likeness (QED) is 0.406. The van der Waals surface area contributed by atoms with Crippen molar-refractivity contribution in [3.63, 3.8) is 0 Å². The highest BCUT2D eigenvalue weighted by Crippen LogP contribution is 1.65. The second kappa shape index (κ2) is 7.01. The minimum atomic E-state index is -0.353. The Morgan fingerprint density at radius 1 is 1.55 bits per heavy atom. The van der Waals surface area contributed by atoms with E-state index < -0.39 is 0 Å². The maximum absolute atomic E-state index is 10.6. The molecule has 0 aliphatic carbocycles. The summed E-state index contributed by atoms with van der Waals surface area (Å²) in [5.74, 6) is 0. The summed E-state index contributed by atoms with van der Waals surface area (Å²) in [4.78, 5) is 20.4. The van der Waals surface area contributed by atoms with E-state index in [1.54, 1.807) is 7.11 Å². The van der Waals surface area contributed by atoms with Crippen LogP contribution in [0.1, 0.15) is 0 Å². The molecule has 0 fully saturated rings. The minimum Gasteiger partial charge on any atom is -0.383 e. The van der Waals surface area contributed by atoms with E-state index in [1.807, 2.05) is 0 Å². The normalized spacial score (nSPS) is 8.82. The summed E-state index contributed by atoms with van der Waals surface area (Å²) in [5.41, 5.74) is 0. The summed E-state index contributed by atoms with van der Waals surface area (Å²) in [7, 11) is 1.55. The van der Waals surface area contributed by atoms with Gasteiger partial charge in [0.25, 0.3) is 0 Å². The highest BCUT2D eigenvalue weighted by molar-refractivity contribution is 5.76. The number of methoxy groups -OCH3 is 1. The number of carbonyl (C=O) groups excluding carboxylic acids is 2. The van der Waals surface area contributed by atoms with E-state index in [0.29, 0.717) is 19.4 Å². The third-order valence-electron chi connectivity index (χ3n) is 0.938. The minimum absolute atomic E-state index is 0.0405. The van der Waals surface area contributed by atoms with Crippen molar-refractivity contribution in [2.45, 2.75) is 0 Å². The van der Waals surface area contributed by atoms with Crippen molar-refractivity contribution < 1.29 is 14.3 Å². The number of hydrogen-bond donors (Lipinski definition) is 2. The molecule has 0 aromatic carbocycles. The van der Waals surface area contributed by atoms with Gasteiger partial charge in [-0.25, -0.2) is 4.79 Å². The van der Waals surface area contributed by atoms with E-state index >= 15 is 0 Å². The summed E-state index contributed by atoms with van der Waals surface area (Å²) >= 11 is 0. The highest BCUT2D eigenvalue weighted by Gasteiger charge is 1.95. The summed E-state index contributed by atoms with van der Waals surface area (Å²) in [6, 6.07) is -0.353. The lowest BCUT2D eigenvalue weighted by atomic mass is 10.6. The maximum atomic E-state index is 10.6. The Hall–Kier alpha value is -1.10. The van der Waals surface area contributed by atoms with Crippen molar-refractivity contribution in [1.82, 2.24) is 10.6 Å². The molecule has 64 valence electrons. The van der Waals surface area contributed by atoms with Crippen LogP contribution in [0, 0.1) is 0 Å². The Bertz CT molecular complexity index is 127. The van der Waals surface area contributed by atoms with Gasteiger partial charge in [-0.3, -0.25) is 0 Å². The Balaban J connectivity index is 3.15. The van der Waals surface area contributed by atoms with E-state index in [1.165, 1.54) is 0 Å². The summed E-state index contributed by atoms with van der Waals surface area (Å²) in [5, 5.41) is 4.80. The lowest BCUT2D eigenvalue weighted by Gasteiger charge is -2.03. The van der Waals surface area contributed by atoms with Crippen molar-refractivity contribution in [2.75, 3.05) is 26.8 Å². The topological polar surface area (TPSA) is 67.4 Å². The van der Waals surface area contributed by atoms with Crippen LogP contribution in [0.15, 0.2) is 0 Å². The smallest absolute Gasteiger partial charge is 0.315 e. The molecule has 0 atom stereocenters. The first-order valence-electron chi connectivity index (χ1n) is 3.25. The zero-order valence-electron chi connectivity index (χ0n) is 6.42. The molecule has 2 amide bonds. The molecule has 0 heterocycles. The van der Waals surface area contributed by atoms with Gasteiger partial charge in [-0.2, -0.15) is 0 Å². The predicted molar refractivity (Wildman–Crippen MR) is 39.3 cm³/mol. The van der Waals surface area contributed by atoms with Crippen LogP contribution in [0.25, 0.3) is 0 Å². The van der Waals surface area contributed by atoms with Crippen molar-refractivity contribution >= 4 is 12.3 Å². The van der Waals surface area contributed by atoms with Gasteiger partial charge >= 0.3 is 6.03 Å². The molecule has 0 bridgehead atoms. The Kier molecular flexibility index (Phi) is 6.31. The molecule has 0 spiro atoms. The lowest BCUT2D eigenvalue weighted by molar-refractivity contribution is -0.107. The number of carbonyl (C=O) groups is 2. The van der Waals surface area contributed by atoms with Crippen LogP contribution < -0.4 is 10.6 Å². The average Bonchev–Trinajstić information content (AvgIpc) is 2.01. The molecule has 0 unspecified atom stereocenters. The van der Waals surface area contributed by atoms with Crippen LogP contribution in [0.5, 0.6) is 0 Å². The second-order valence-electron chi connectivity index (χ2n) is 1.80. The van der Waals surface area contributed by atoms with Crippen molar-refractivity contribution in [2.24, 2.45) is 0 Å². The van der Waals surface area contributed by atoms with Gasteiger partial charge in [-0.05, 0) is 0 Å².